The number of carbonyl (C=O) groups excluding carboxylic acids is 1. The largest absolute Gasteiger partial charge is 0.439 e. The third-order valence-electron chi connectivity index (χ3n) is 5.44. The number of nitrogens with one attached hydrogen (secondary N) is 2. The Morgan fingerprint density at radius 3 is 2.80 bits per heavy atom. The zero-order valence-electron chi connectivity index (χ0n) is 18.9. The number of fused-ring (bicyclic) bond motifs is 1. The number of aryl methyl sites for hydroxylation is 1. The van der Waals surface area contributed by atoms with Gasteiger partial charge in [-0.1, -0.05) is 24.1 Å². The van der Waals surface area contributed by atoms with E-state index in [2.05, 4.69) is 19.8 Å². The number of nitrogens with zero attached hydrogens (tertiary/aromatic N) is 3. The third-order valence-corrected chi connectivity index (χ3v) is 5.88. The van der Waals surface area contributed by atoms with Gasteiger partial charge in [-0.05, 0) is 42.8 Å². The van der Waals surface area contributed by atoms with Gasteiger partial charge in [-0.25, -0.2) is 14.1 Å². The van der Waals surface area contributed by atoms with E-state index < -0.39 is 5.82 Å². The molecule has 0 saturated heterocycles. The molecule has 5 rings (SSSR count). The number of anilines is 2. The van der Waals surface area contributed by atoms with E-state index in [1.807, 2.05) is 31.4 Å². The van der Waals surface area contributed by atoms with Gasteiger partial charge in [-0.2, -0.15) is 5.10 Å². The van der Waals surface area contributed by atoms with Gasteiger partial charge in [0.2, 0.25) is 11.7 Å². The number of aromatic nitrogens is 4. The molecular weight excluding hydrogens is 467 g/mol. The van der Waals surface area contributed by atoms with Crippen molar-refractivity contribution in [2.24, 2.45) is 0 Å². The van der Waals surface area contributed by atoms with Crippen LogP contribution in [0.1, 0.15) is 21.6 Å². The molecule has 0 amide bonds. The van der Waals surface area contributed by atoms with E-state index in [1.54, 1.807) is 30.5 Å². The summed E-state index contributed by atoms with van der Waals surface area (Å²) in [5, 5.41) is 5.24. The molecule has 0 spiro atoms. The van der Waals surface area contributed by atoms with Crippen LogP contribution < -0.4 is 15.2 Å². The second kappa shape index (κ2) is 9.15. The predicted molar refractivity (Wildman–Crippen MR) is 136 cm³/mol. The summed E-state index contributed by atoms with van der Waals surface area (Å²) in [5.41, 5.74) is 10.2. The van der Waals surface area contributed by atoms with Gasteiger partial charge in [0.1, 0.15) is 17.4 Å². The van der Waals surface area contributed by atoms with Gasteiger partial charge >= 0.3 is 0 Å². The van der Waals surface area contributed by atoms with Gasteiger partial charge in [0.25, 0.3) is 0 Å². The molecule has 4 N–H and O–H groups in total. The van der Waals surface area contributed by atoms with Crippen LogP contribution in [-0.2, 0) is 0 Å². The molecule has 176 valence electrons. The summed E-state index contributed by atoms with van der Waals surface area (Å²) in [6, 6.07) is 15.1. The van der Waals surface area contributed by atoms with Gasteiger partial charge < -0.3 is 20.2 Å². The number of carbonyl (C=O) groups is 1. The smallest absolute Gasteiger partial charge is 0.219 e. The van der Waals surface area contributed by atoms with Crippen LogP contribution in [0.15, 0.2) is 67.0 Å². The summed E-state index contributed by atoms with van der Waals surface area (Å²) < 4.78 is 23.7. The van der Waals surface area contributed by atoms with Crippen LogP contribution in [0, 0.1) is 12.7 Å². The number of halogens is 1. The molecular formula is C25H21FN6O2S. The molecule has 10 heteroatoms. The van der Waals surface area contributed by atoms with Crippen LogP contribution >= 0.6 is 11.9 Å². The van der Waals surface area contributed by atoms with Crippen LogP contribution in [-0.4, -0.2) is 31.8 Å². The molecule has 35 heavy (non-hydrogen) atoms. The minimum Gasteiger partial charge on any atom is -0.439 e. The van der Waals surface area contributed by atoms with Crippen molar-refractivity contribution in [3.63, 3.8) is 0 Å². The first-order valence-corrected chi connectivity index (χ1v) is 11.9. The number of pyridine rings is 1. The minimum absolute atomic E-state index is 0.196. The highest BCUT2D eigenvalue weighted by molar-refractivity contribution is 7.99. The molecule has 0 bridgehead atoms. The second-order valence-electron chi connectivity index (χ2n) is 7.84. The highest BCUT2D eigenvalue weighted by Gasteiger charge is 2.21. The van der Waals surface area contributed by atoms with Crippen LogP contribution in [0.5, 0.6) is 11.6 Å². The topological polar surface area (TPSA) is 111 Å². The van der Waals surface area contributed by atoms with E-state index in [9.17, 15) is 9.18 Å². The number of rotatable bonds is 7. The van der Waals surface area contributed by atoms with E-state index >= 15 is 0 Å². The fourth-order valence-electron chi connectivity index (χ4n) is 3.75. The zero-order chi connectivity index (χ0) is 24.5. The van der Waals surface area contributed by atoms with E-state index in [1.165, 1.54) is 35.0 Å². The highest BCUT2D eigenvalue weighted by Crippen LogP contribution is 2.27. The Balaban J connectivity index is 1.41. The number of nitrogens with two attached hydrogens (primary N) is 1. The normalized spacial score (nSPS) is 11.1. The molecule has 0 radical (unpaired) electrons. The fourth-order valence-corrected chi connectivity index (χ4v) is 4.12. The number of aromatic amines is 1. The highest BCUT2D eigenvalue weighted by atomic mass is 32.2. The summed E-state index contributed by atoms with van der Waals surface area (Å²) >= 11 is 1.49. The molecule has 0 fully saturated rings. The Morgan fingerprint density at radius 1 is 1.17 bits per heavy atom. The fraction of sp³-hybridized carbons (Fsp3) is 0.0800. The molecule has 0 aliphatic heterocycles. The maximum Gasteiger partial charge on any atom is 0.219 e. The van der Waals surface area contributed by atoms with Crippen molar-refractivity contribution < 1.29 is 13.9 Å². The van der Waals surface area contributed by atoms with Crippen molar-refractivity contribution in [3.8, 4) is 17.3 Å². The first-order chi connectivity index (χ1) is 16.9. The summed E-state index contributed by atoms with van der Waals surface area (Å²) in [6.07, 6.45) is 4.93. The molecule has 2 aromatic carbocycles. The van der Waals surface area contributed by atoms with Crippen molar-refractivity contribution in [3.05, 3.63) is 89.6 Å². The lowest BCUT2D eigenvalue weighted by atomic mass is 10.1. The molecule has 8 nitrogen and oxygen atoms in total. The summed E-state index contributed by atoms with van der Waals surface area (Å²) in [5.74, 6) is 0.172. The quantitative estimate of drug-likeness (QED) is 0.205. The third kappa shape index (κ3) is 4.43. The van der Waals surface area contributed by atoms with Gasteiger partial charge in [0.05, 0.1) is 29.3 Å². The standard InChI is InChI=1S/C25H21FN6O2S/c1-14-8-23(34-18-5-3-4-16(26)10-18)28-13-22(14)32-25(27)19(12-29-32)24(33)21-9-15-6-7-17(31-35-2)11-20(15)30-21/h3-13,30-31H,27H2,1-2H3. The molecule has 0 aliphatic carbocycles. The number of ether oxygens (including phenoxy) is 1. The van der Waals surface area contributed by atoms with Gasteiger partial charge in [-0.3, -0.25) is 4.79 Å². The van der Waals surface area contributed by atoms with Crippen LogP contribution in [0.25, 0.3) is 16.6 Å². The number of hydrogen-bond donors (Lipinski definition) is 3. The molecule has 0 unspecified atom stereocenters. The van der Waals surface area contributed by atoms with E-state index in [4.69, 9.17) is 10.5 Å². The number of hydrogen-bond acceptors (Lipinski definition) is 7. The maximum atomic E-state index is 13.4. The summed E-state index contributed by atoms with van der Waals surface area (Å²) in [6.45, 7) is 1.84. The van der Waals surface area contributed by atoms with Crippen molar-refractivity contribution in [1.82, 2.24) is 19.7 Å². The minimum atomic E-state index is -0.399. The van der Waals surface area contributed by atoms with E-state index in [0.29, 0.717) is 23.0 Å². The molecule has 0 atom stereocenters. The van der Waals surface area contributed by atoms with Crippen LogP contribution in [0.4, 0.5) is 15.9 Å². The van der Waals surface area contributed by atoms with Crippen molar-refractivity contribution in [2.75, 3.05) is 16.7 Å². The Bertz CT molecular complexity index is 1560. The van der Waals surface area contributed by atoms with Crippen molar-refractivity contribution in [1.29, 1.82) is 0 Å². The first-order valence-electron chi connectivity index (χ1n) is 10.6. The Kier molecular flexibility index (Phi) is 5.87. The Labute approximate surface area is 204 Å². The molecule has 3 heterocycles. The van der Waals surface area contributed by atoms with E-state index in [0.717, 1.165) is 22.2 Å². The molecule has 5 aromatic rings. The van der Waals surface area contributed by atoms with Gasteiger partial charge in [0, 0.05) is 35.0 Å². The second-order valence-corrected chi connectivity index (χ2v) is 8.46. The lowest BCUT2D eigenvalue weighted by Gasteiger charge is -2.10. The Hall–Kier alpha value is -4.31. The van der Waals surface area contributed by atoms with Crippen LogP contribution in [0.3, 0.4) is 0 Å². The van der Waals surface area contributed by atoms with Crippen molar-refractivity contribution >= 4 is 40.1 Å². The Morgan fingerprint density at radius 2 is 2.03 bits per heavy atom. The van der Waals surface area contributed by atoms with Gasteiger partial charge in [-0.15, -0.1) is 0 Å². The maximum absolute atomic E-state index is 13.4. The zero-order valence-corrected chi connectivity index (χ0v) is 19.7. The molecule has 3 aromatic heterocycles. The monoisotopic (exact) mass is 488 g/mol. The first kappa shape index (κ1) is 22.5. The van der Waals surface area contributed by atoms with Gasteiger partial charge in [0.15, 0.2) is 0 Å². The summed E-state index contributed by atoms with van der Waals surface area (Å²) in [4.78, 5) is 20.7. The SMILES string of the molecule is CSNc1ccc2cc(C(=O)c3cnn(-c4cnc(Oc5cccc(F)c5)cc4C)c3N)[nH]c2c1. The predicted octanol–water partition coefficient (Wildman–Crippen LogP) is 5.49. The van der Waals surface area contributed by atoms with Crippen molar-refractivity contribution in [2.45, 2.75) is 6.92 Å². The lowest BCUT2D eigenvalue weighted by molar-refractivity contribution is 0.103. The van der Waals surface area contributed by atoms with Crippen LogP contribution in [0.2, 0.25) is 0 Å². The molecule has 0 aliphatic rings. The average Bonchev–Trinajstić information content (AvgIpc) is 3.42. The number of nitrogen functional groups attached to an aromatic ring is 1. The number of H-pyrrole nitrogens is 1. The number of ketones is 1. The number of benzene rings is 2. The summed E-state index contributed by atoms with van der Waals surface area (Å²) in [7, 11) is 0. The van der Waals surface area contributed by atoms with E-state index in [-0.39, 0.29) is 17.2 Å². The lowest BCUT2D eigenvalue weighted by Crippen LogP contribution is -2.08. The average molecular weight is 489 g/mol. The molecule has 0 saturated carbocycles.